The van der Waals surface area contributed by atoms with Crippen molar-refractivity contribution < 1.29 is 13.9 Å². The van der Waals surface area contributed by atoms with E-state index in [4.69, 9.17) is 4.74 Å². The molecule has 104 valence electrons. The van der Waals surface area contributed by atoms with Crippen molar-refractivity contribution in [3.8, 4) is 0 Å². The summed E-state index contributed by atoms with van der Waals surface area (Å²) < 4.78 is 21.2. The largest absolute Gasteiger partial charge is 0.450 e. The lowest BCUT2D eigenvalue weighted by molar-refractivity contribution is 0.0279. The summed E-state index contributed by atoms with van der Waals surface area (Å²) in [5.41, 5.74) is 0.734. The number of halogens is 1. The third-order valence-electron chi connectivity index (χ3n) is 3.61. The average Bonchev–Trinajstić information content (AvgIpc) is 2.95. The molecule has 1 aromatic carbocycles. The molecule has 5 heteroatoms. The van der Waals surface area contributed by atoms with Crippen LogP contribution in [-0.2, 0) is 4.74 Å². The van der Waals surface area contributed by atoms with Gasteiger partial charge < -0.3 is 9.30 Å². The molecule has 0 N–H and O–H groups in total. The van der Waals surface area contributed by atoms with Crippen molar-refractivity contribution in [3.63, 3.8) is 0 Å². The van der Waals surface area contributed by atoms with Gasteiger partial charge in [0.25, 0.3) is 0 Å². The molecule has 0 aliphatic carbocycles. The molecule has 0 amide bonds. The van der Waals surface area contributed by atoms with Gasteiger partial charge in [0.1, 0.15) is 11.6 Å². The van der Waals surface area contributed by atoms with Gasteiger partial charge in [-0.2, -0.15) is 0 Å². The molecule has 1 aromatic heterocycles. The van der Waals surface area contributed by atoms with E-state index in [-0.39, 0.29) is 11.6 Å². The van der Waals surface area contributed by atoms with Crippen molar-refractivity contribution in [2.75, 3.05) is 0 Å². The van der Waals surface area contributed by atoms with E-state index in [9.17, 15) is 9.18 Å². The zero-order valence-electron chi connectivity index (χ0n) is 11.3. The number of nitrogens with zero attached hydrogens (tertiary/aromatic N) is 2. The zero-order chi connectivity index (χ0) is 14.3. The molecule has 0 radical (unpaired) electrons. The number of carbonyl (C=O) groups is 1. The van der Waals surface area contributed by atoms with Crippen molar-refractivity contribution in [2.24, 2.45) is 0 Å². The molecule has 2 aromatic rings. The number of carbonyl (C=O) groups excluding carboxylic acids is 1. The van der Waals surface area contributed by atoms with E-state index in [1.54, 1.807) is 19.2 Å². The van der Waals surface area contributed by atoms with Gasteiger partial charge >= 0.3 is 5.97 Å². The van der Waals surface area contributed by atoms with E-state index >= 15 is 0 Å². The van der Waals surface area contributed by atoms with Crippen LogP contribution in [0, 0.1) is 12.7 Å². The lowest BCUT2D eigenvalue weighted by Crippen LogP contribution is -2.12. The Kier molecular flexibility index (Phi) is 3.04. The van der Waals surface area contributed by atoms with Crippen LogP contribution in [0.2, 0.25) is 0 Å². The summed E-state index contributed by atoms with van der Waals surface area (Å²) in [6, 6.07) is 4.71. The van der Waals surface area contributed by atoms with Gasteiger partial charge in [0, 0.05) is 24.9 Å². The Morgan fingerprint density at radius 2 is 2.30 bits per heavy atom. The van der Waals surface area contributed by atoms with Gasteiger partial charge in [-0.25, -0.2) is 14.2 Å². The maximum absolute atomic E-state index is 13.8. The molecule has 20 heavy (non-hydrogen) atoms. The van der Waals surface area contributed by atoms with Crippen LogP contribution in [0.15, 0.2) is 30.6 Å². The number of aromatic nitrogens is 2. The van der Waals surface area contributed by atoms with E-state index in [1.165, 1.54) is 12.1 Å². The van der Waals surface area contributed by atoms with E-state index in [0.29, 0.717) is 6.42 Å². The van der Waals surface area contributed by atoms with Crippen LogP contribution in [-0.4, -0.2) is 15.5 Å². The molecule has 0 spiro atoms. The summed E-state index contributed by atoms with van der Waals surface area (Å²) in [6.07, 6.45) is 3.80. The van der Waals surface area contributed by atoms with Gasteiger partial charge in [-0.3, -0.25) is 0 Å². The van der Waals surface area contributed by atoms with Gasteiger partial charge in [-0.1, -0.05) is 6.07 Å². The molecule has 3 rings (SSSR count). The fourth-order valence-corrected chi connectivity index (χ4v) is 2.55. The highest BCUT2D eigenvalue weighted by atomic mass is 19.1. The Hall–Kier alpha value is -2.17. The zero-order valence-corrected chi connectivity index (χ0v) is 11.3. The second-order valence-corrected chi connectivity index (χ2v) is 5.15. The molecule has 4 nitrogen and oxygen atoms in total. The Bertz CT molecular complexity index is 666. The molecular formula is C15H15FN2O2. The molecule has 1 aliphatic heterocycles. The molecule has 0 bridgehead atoms. The van der Waals surface area contributed by atoms with Gasteiger partial charge in [0.15, 0.2) is 6.10 Å². The quantitative estimate of drug-likeness (QED) is 0.790. The Balaban J connectivity index is 1.81. The lowest BCUT2D eigenvalue weighted by Gasteiger charge is -2.11. The van der Waals surface area contributed by atoms with Gasteiger partial charge in [-0.05, 0) is 31.5 Å². The van der Waals surface area contributed by atoms with E-state index in [2.05, 4.69) is 4.98 Å². The van der Waals surface area contributed by atoms with Crippen LogP contribution in [0.25, 0.3) is 0 Å². The number of hydrogen-bond acceptors (Lipinski definition) is 3. The van der Waals surface area contributed by atoms with Crippen LogP contribution in [0.4, 0.5) is 4.39 Å². The SMILES string of the molecule is Cc1ccc(C(=O)OC2CC(C)n3ccnc32)c(F)c1. The maximum Gasteiger partial charge on any atom is 0.341 e. The predicted molar refractivity (Wildman–Crippen MR) is 70.8 cm³/mol. The van der Waals surface area contributed by atoms with Crippen LogP contribution in [0.1, 0.15) is 47.2 Å². The van der Waals surface area contributed by atoms with Crippen molar-refractivity contribution >= 4 is 5.97 Å². The number of esters is 1. The highest BCUT2D eigenvalue weighted by Gasteiger charge is 2.32. The third kappa shape index (κ3) is 2.09. The standard InChI is InChI=1S/C15H15FN2O2/c1-9-3-4-11(12(16)7-9)15(19)20-13-8-10(2)18-6-5-17-14(13)18/h3-7,10,13H,8H2,1-2H3. The molecule has 1 aliphatic rings. The Morgan fingerprint density at radius 3 is 3.05 bits per heavy atom. The average molecular weight is 274 g/mol. The maximum atomic E-state index is 13.8. The predicted octanol–water partition coefficient (Wildman–Crippen LogP) is 3.19. The first-order valence-electron chi connectivity index (χ1n) is 6.56. The molecule has 0 saturated carbocycles. The van der Waals surface area contributed by atoms with Crippen molar-refractivity contribution in [1.82, 2.24) is 9.55 Å². The van der Waals surface area contributed by atoms with Crippen LogP contribution >= 0.6 is 0 Å². The van der Waals surface area contributed by atoms with Gasteiger partial charge in [0.05, 0.1) is 5.56 Å². The summed E-state index contributed by atoms with van der Waals surface area (Å²) in [6.45, 7) is 3.80. The third-order valence-corrected chi connectivity index (χ3v) is 3.61. The monoisotopic (exact) mass is 274 g/mol. The van der Waals surface area contributed by atoms with Crippen LogP contribution in [0.5, 0.6) is 0 Å². The minimum absolute atomic E-state index is 0.0340. The number of hydrogen-bond donors (Lipinski definition) is 0. The first-order valence-corrected chi connectivity index (χ1v) is 6.56. The number of imidazole rings is 1. The molecule has 2 heterocycles. The fourth-order valence-electron chi connectivity index (χ4n) is 2.55. The second-order valence-electron chi connectivity index (χ2n) is 5.15. The van der Waals surface area contributed by atoms with Crippen LogP contribution in [0.3, 0.4) is 0 Å². The highest BCUT2D eigenvalue weighted by molar-refractivity contribution is 5.89. The second kappa shape index (κ2) is 4.74. The molecular weight excluding hydrogens is 259 g/mol. The van der Waals surface area contributed by atoms with Crippen LogP contribution < -0.4 is 0 Å². The topological polar surface area (TPSA) is 44.1 Å². The summed E-state index contributed by atoms with van der Waals surface area (Å²) in [7, 11) is 0. The first-order chi connectivity index (χ1) is 9.56. The normalized spacial score (nSPS) is 20.8. The number of benzene rings is 1. The molecule has 2 unspecified atom stereocenters. The molecule has 0 fully saturated rings. The summed E-state index contributed by atoms with van der Waals surface area (Å²) in [5.74, 6) is -0.473. The van der Waals surface area contributed by atoms with Crippen molar-refractivity contribution in [3.05, 3.63) is 53.4 Å². The fraction of sp³-hybridized carbons (Fsp3) is 0.333. The number of ether oxygens (including phenoxy) is 1. The summed E-state index contributed by atoms with van der Waals surface area (Å²) >= 11 is 0. The van der Waals surface area contributed by atoms with E-state index in [0.717, 1.165) is 11.4 Å². The van der Waals surface area contributed by atoms with E-state index in [1.807, 2.05) is 17.7 Å². The molecule has 0 saturated heterocycles. The first kappa shape index (κ1) is 12.8. The Morgan fingerprint density at radius 1 is 1.50 bits per heavy atom. The van der Waals surface area contributed by atoms with Gasteiger partial charge in [-0.15, -0.1) is 0 Å². The smallest absolute Gasteiger partial charge is 0.341 e. The Labute approximate surface area is 116 Å². The number of fused-ring (bicyclic) bond motifs is 1. The lowest BCUT2D eigenvalue weighted by atomic mass is 10.1. The molecule has 2 atom stereocenters. The minimum Gasteiger partial charge on any atom is -0.450 e. The summed E-state index contributed by atoms with van der Waals surface area (Å²) in [5, 5.41) is 0. The van der Waals surface area contributed by atoms with Crippen molar-refractivity contribution in [1.29, 1.82) is 0 Å². The summed E-state index contributed by atoms with van der Waals surface area (Å²) in [4.78, 5) is 16.3. The number of aryl methyl sites for hydroxylation is 1. The number of rotatable bonds is 2. The minimum atomic E-state index is -0.642. The van der Waals surface area contributed by atoms with Crippen molar-refractivity contribution in [2.45, 2.75) is 32.4 Å². The van der Waals surface area contributed by atoms with E-state index < -0.39 is 17.9 Å². The van der Waals surface area contributed by atoms with Gasteiger partial charge in [0.2, 0.25) is 0 Å². The highest BCUT2D eigenvalue weighted by Crippen LogP contribution is 2.35.